The molecule has 2 aromatic rings. The van der Waals surface area contributed by atoms with Gasteiger partial charge < -0.3 is 9.63 Å². The van der Waals surface area contributed by atoms with E-state index in [4.69, 9.17) is 9.63 Å². The van der Waals surface area contributed by atoms with Gasteiger partial charge in [0.2, 0.25) is 0 Å². The lowest BCUT2D eigenvalue weighted by atomic mass is 10.2. The number of carboxylic acids is 1. The molecule has 0 saturated heterocycles. The molecule has 0 aliphatic carbocycles. The van der Waals surface area contributed by atoms with Crippen molar-refractivity contribution in [1.82, 2.24) is 15.0 Å². The third-order valence-electron chi connectivity index (χ3n) is 2.90. The summed E-state index contributed by atoms with van der Waals surface area (Å²) < 4.78 is 5.16. The van der Waals surface area contributed by atoms with Crippen molar-refractivity contribution in [1.29, 1.82) is 0 Å². The fourth-order valence-electron chi connectivity index (χ4n) is 1.56. The van der Waals surface area contributed by atoms with Crippen LogP contribution in [-0.2, 0) is 11.3 Å². The lowest BCUT2D eigenvalue weighted by Crippen LogP contribution is -2.35. The van der Waals surface area contributed by atoms with E-state index in [2.05, 4.69) is 10.1 Å². The van der Waals surface area contributed by atoms with Crippen molar-refractivity contribution in [2.45, 2.75) is 19.5 Å². The van der Waals surface area contributed by atoms with Crippen molar-refractivity contribution in [3.05, 3.63) is 36.2 Å². The summed E-state index contributed by atoms with van der Waals surface area (Å²) in [5.41, 5.74) is 0.843. The van der Waals surface area contributed by atoms with E-state index in [1.165, 1.54) is 0 Å². The number of hydrogen-bond acceptors (Lipinski definition) is 5. The first-order valence-corrected chi connectivity index (χ1v) is 5.89. The van der Waals surface area contributed by atoms with Gasteiger partial charge in [0.1, 0.15) is 6.04 Å². The summed E-state index contributed by atoms with van der Waals surface area (Å²) in [6, 6.07) is 8.83. The fraction of sp³-hybridized carbons (Fsp3) is 0.308. The maximum absolute atomic E-state index is 10.9. The molecular weight excluding hydrogens is 246 g/mol. The lowest BCUT2D eigenvalue weighted by molar-refractivity contribution is -0.142. The van der Waals surface area contributed by atoms with Crippen LogP contribution < -0.4 is 0 Å². The molecule has 0 spiro atoms. The van der Waals surface area contributed by atoms with Gasteiger partial charge in [-0.15, -0.1) is 0 Å². The van der Waals surface area contributed by atoms with Crippen LogP contribution in [0.15, 0.2) is 34.9 Å². The highest BCUT2D eigenvalue weighted by Gasteiger charge is 2.19. The van der Waals surface area contributed by atoms with Crippen molar-refractivity contribution in [2.75, 3.05) is 7.05 Å². The SMILES string of the molecule is CC(C(=O)O)N(C)Cc1noc(-c2ccccc2)n1. The zero-order valence-corrected chi connectivity index (χ0v) is 10.8. The third-order valence-corrected chi connectivity index (χ3v) is 2.90. The van der Waals surface area contributed by atoms with Crippen LogP contribution in [0, 0.1) is 0 Å². The topological polar surface area (TPSA) is 79.5 Å². The van der Waals surface area contributed by atoms with Crippen LogP contribution >= 0.6 is 0 Å². The molecule has 1 aromatic carbocycles. The third kappa shape index (κ3) is 3.17. The Hall–Kier alpha value is -2.21. The van der Waals surface area contributed by atoms with Gasteiger partial charge in [0.25, 0.3) is 5.89 Å². The molecule has 1 atom stereocenters. The molecule has 6 heteroatoms. The molecule has 0 aliphatic heterocycles. The Morgan fingerprint density at radius 3 is 2.74 bits per heavy atom. The van der Waals surface area contributed by atoms with Crippen molar-refractivity contribution in [3.8, 4) is 11.5 Å². The summed E-state index contributed by atoms with van der Waals surface area (Å²) in [5, 5.41) is 12.8. The van der Waals surface area contributed by atoms with Crippen molar-refractivity contribution < 1.29 is 14.4 Å². The molecule has 0 bridgehead atoms. The van der Waals surface area contributed by atoms with Crippen LogP contribution in [0.1, 0.15) is 12.7 Å². The number of carboxylic acid groups (broad SMARTS) is 1. The summed E-state index contributed by atoms with van der Waals surface area (Å²) in [6.45, 7) is 1.93. The second-order valence-corrected chi connectivity index (χ2v) is 4.31. The van der Waals surface area contributed by atoms with Gasteiger partial charge in [-0.3, -0.25) is 9.69 Å². The van der Waals surface area contributed by atoms with Crippen molar-refractivity contribution >= 4 is 5.97 Å². The number of nitrogens with zero attached hydrogens (tertiary/aromatic N) is 3. The summed E-state index contributed by atoms with van der Waals surface area (Å²) in [5.74, 6) is 0.0238. The molecule has 0 saturated carbocycles. The Labute approximate surface area is 110 Å². The highest BCUT2D eigenvalue weighted by Crippen LogP contribution is 2.16. The van der Waals surface area contributed by atoms with Crippen LogP contribution in [0.4, 0.5) is 0 Å². The predicted octanol–water partition coefficient (Wildman–Crippen LogP) is 1.64. The largest absolute Gasteiger partial charge is 0.480 e. The summed E-state index contributed by atoms with van der Waals surface area (Å²) in [7, 11) is 1.71. The van der Waals surface area contributed by atoms with Crippen LogP contribution in [0.25, 0.3) is 11.5 Å². The van der Waals surface area contributed by atoms with Gasteiger partial charge in [-0.25, -0.2) is 0 Å². The van der Waals surface area contributed by atoms with Gasteiger partial charge in [0.15, 0.2) is 5.82 Å². The van der Waals surface area contributed by atoms with Crippen molar-refractivity contribution in [2.24, 2.45) is 0 Å². The molecule has 0 aliphatic rings. The van der Waals surface area contributed by atoms with Gasteiger partial charge in [-0.05, 0) is 26.1 Å². The van der Waals surface area contributed by atoms with E-state index in [0.717, 1.165) is 5.56 Å². The normalized spacial score (nSPS) is 12.6. The van der Waals surface area contributed by atoms with E-state index in [1.54, 1.807) is 18.9 Å². The zero-order valence-electron chi connectivity index (χ0n) is 10.8. The maximum Gasteiger partial charge on any atom is 0.320 e. The minimum atomic E-state index is -0.880. The highest BCUT2D eigenvalue weighted by atomic mass is 16.5. The number of hydrogen-bond donors (Lipinski definition) is 1. The number of benzene rings is 1. The standard InChI is InChI=1S/C13H15N3O3/c1-9(13(17)18)16(2)8-11-14-12(19-15-11)10-6-4-3-5-7-10/h3-7,9H,8H2,1-2H3,(H,17,18). The Morgan fingerprint density at radius 2 is 2.11 bits per heavy atom. The van der Waals surface area contributed by atoms with Gasteiger partial charge in [0, 0.05) is 5.56 Å². The molecule has 1 N–H and O–H groups in total. The molecule has 2 rings (SSSR count). The summed E-state index contributed by atoms with van der Waals surface area (Å²) in [6.07, 6.45) is 0. The second-order valence-electron chi connectivity index (χ2n) is 4.31. The first-order valence-electron chi connectivity index (χ1n) is 5.89. The molecule has 0 fully saturated rings. The Kier molecular flexibility index (Phi) is 3.91. The van der Waals surface area contributed by atoms with Crippen LogP contribution in [0.3, 0.4) is 0 Å². The highest BCUT2D eigenvalue weighted by molar-refractivity contribution is 5.72. The molecule has 19 heavy (non-hydrogen) atoms. The molecule has 0 amide bonds. The minimum Gasteiger partial charge on any atom is -0.480 e. The lowest BCUT2D eigenvalue weighted by Gasteiger charge is -2.18. The van der Waals surface area contributed by atoms with Crippen LogP contribution in [0.5, 0.6) is 0 Å². The first-order chi connectivity index (χ1) is 9.08. The van der Waals surface area contributed by atoms with Crippen molar-refractivity contribution in [3.63, 3.8) is 0 Å². The average molecular weight is 261 g/mol. The van der Waals surface area contributed by atoms with Gasteiger partial charge in [0.05, 0.1) is 6.54 Å². The molecule has 100 valence electrons. The van der Waals surface area contributed by atoms with E-state index >= 15 is 0 Å². The number of rotatable bonds is 5. The number of carbonyl (C=O) groups is 1. The fourth-order valence-corrected chi connectivity index (χ4v) is 1.56. The van der Waals surface area contributed by atoms with E-state index in [0.29, 0.717) is 18.3 Å². The van der Waals surface area contributed by atoms with Gasteiger partial charge in [-0.2, -0.15) is 4.98 Å². The summed E-state index contributed by atoms with van der Waals surface area (Å²) >= 11 is 0. The molecule has 0 radical (unpaired) electrons. The number of likely N-dealkylation sites (N-methyl/N-ethyl adjacent to an activating group) is 1. The molecule has 1 heterocycles. The Balaban J connectivity index is 2.08. The van der Waals surface area contributed by atoms with E-state index in [9.17, 15) is 4.79 Å². The second kappa shape index (κ2) is 5.62. The van der Waals surface area contributed by atoms with E-state index in [1.807, 2.05) is 30.3 Å². The number of aromatic nitrogens is 2. The molecule has 6 nitrogen and oxygen atoms in total. The zero-order chi connectivity index (χ0) is 13.8. The van der Waals surface area contributed by atoms with Crippen LogP contribution in [-0.4, -0.2) is 39.2 Å². The van der Waals surface area contributed by atoms with E-state index in [-0.39, 0.29) is 0 Å². The summed E-state index contributed by atoms with van der Waals surface area (Å²) in [4.78, 5) is 16.7. The molecule has 1 aromatic heterocycles. The van der Waals surface area contributed by atoms with Gasteiger partial charge >= 0.3 is 5.97 Å². The first kappa shape index (κ1) is 13.2. The van der Waals surface area contributed by atoms with Gasteiger partial charge in [-0.1, -0.05) is 23.4 Å². The smallest absolute Gasteiger partial charge is 0.320 e. The maximum atomic E-state index is 10.9. The monoisotopic (exact) mass is 261 g/mol. The number of aliphatic carboxylic acids is 1. The molecular formula is C13H15N3O3. The quantitative estimate of drug-likeness (QED) is 0.881. The average Bonchev–Trinajstić information content (AvgIpc) is 2.87. The Bertz CT molecular complexity index is 553. The predicted molar refractivity (Wildman–Crippen MR) is 68.3 cm³/mol. The van der Waals surface area contributed by atoms with E-state index < -0.39 is 12.0 Å². The molecule has 1 unspecified atom stereocenters. The minimum absolute atomic E-state index is 0.323. The van der Waals surface area contributed by atoms with Crippen LogP contribution in [0.2, 0.25) is 0 Å². The Morgan fingerprint density at radius 1 is 1.42 bits per heavy atom.